The largest absolute Gasteiger partial charge is 0.369 e. The Morgan fingerprint density at radius 1 is 1.35 bits per heavy atom. The van der Waals surface area contributed by atoms with E-state index >= 15 is 0 Å². The van der Waals surface area contributed by atoms with E-state index in [2.05, 4.69) is 48.2 Å². The van der Waals surface area contributed by atoms with Crippen LogP contribution in [0.3, 0.4) is 0 Å². The van der Waals surface area contributed by atoms with Gasteiger partial charge in [0.25, 0.3) is 0 Å². The maximum absolute atomic E-state index is 4.67. The van der Waals surface area contributed by atoms with Gasteiger partial charge < -0.3 is 10.2 Å². The first-order valence-electron chi connectivity index (χ1n) is 6.59. The fraction of sp³-hybridized carbons (Fsp3) is 0.643. The predicted octanol–water partition coefficient (Wildman–Crippen LogP) is 2.32. The molecule has 1 heterocycles. The zero-order valence-corrected chi connectivity index (χ0v) is 11.2. The van der Waals surface area contributed by atoms with Crippen LogP contribution in [-0.4, -0.2) is 36.1 Å². The lowest BCUT2D eigenvalue weighted by molar-refractivity contribution is 0.284. The first kappa shape index (κ1) is 12.4. The maximum Gasteiger partial charge on any atom is 0.126 e. The second kappa shape index (κ2) is 5.50. The molecule has 94 valence electrons. The van der Waals surface area contributed by atoms with Gasteiger partial charge >= 0.3 is 0 Å². The van der Waals surface area contributed by atoms with Gasteiger partial charge in [0.05, 0.1) is 0 Å². The van der Waals surface area contributed by atoms with E-state index in [1.54, 1.807) is 0 Å². The molecule has 17 heavy (non-hydrogen) atoms. The minimum absolute atomic E-state index is 0.602. The summed E-state index contributed by atoms with van der Waals surface area (Å²) >= 11 is 0. The number of aryl methyl sites for hydroxylation is 2. The van der Waals surface area contributed by atoms with E-state index in [-0.39, 0.29) is 0 Å². The Balaban J connectivity index is 1.83. The van der Waals surface area contributed by atoms with E-state index in [4.69, 9.17) is 0 Å². The van der Waals surface area contributed by atoms with Gasteiger partial charge in [0.15, 0.2) is 0 Å². The Hall–Kier alpha value is -1.09. The number of anilines is 1. The van der Waals surface area contributed by atoms with Crippen molar-refractivity contribution in [3.8, 4) is 0 Å². The van der Waals surface area contributed by atoms with Crippen molar-refractivity contribution in [3.05, 3.63) is 23.4 Å². The van der Waals surface area contributed by atoms with E-state index in [9.17, 15) is 0 Å². The fourth-order valence-corrected chi connectivity index (χ4v) is 2.14. The SMILES string of the molecule is CC(C)N(C)CCNc1ccc2c(n1)CCC2. The summed E-state index contributed by atoms with van der Waals surface area (Å²) in [4.78, 5) is 7.00. The predicted molar refractivity (Wildman–Crippen MR) is 72.5 cm³/mol. The van der Waals surface area contributed by atoms with Gasteiger partial charge in [-0.3, -0.25) is 0 Å². The Labute approximate surface area is 104 Å². The van der Waals surface area contributed by atoms with Gasteiger partial charge in [0, 0.05) is 24.8 Å². The van der Waals surface area contributed by atoms with Crippen molar-refractivity contribution in [2.24, 2.45) is 0 Å². The number of pyridine rings is 1. The van der Waals surface area contributed by atoms with E-state index in [0.29, 0.717) is 6.04 Å². The first-order valence-corrected chi connectivity index (χ1v) is 6.59. The molecule has 1 aromatic heterocycles. The number of rotatable bonds is 5. The molecule has 0 aromatic carbocycles. The number of aromatic nitrogens is 1. The highest BCUT2D eigenvalue weighted by Crippen LogP contribution is 2.21. The standard InChI is InChI=1S/C14H23N3/c1-11(2)17(3)10-9-15-14-8-7-12-5-4-6-13(12)16-14/h7-8,11H,4-6,9-10H2,1-3H3,(H,15,16). The van der Waals surface area contributed by atoms with Crippen molar-refractivity contribution in [2.75, 3.05) is 25.5 Å². The summed E-state index contributed by atoms with van der Waals surface area (Å²) in [5, 5.41) is 3.41. The van der Waals surface area contributed by atoms with Crippen LogP contribution in [0.5, 0.6) is 0 Å². The molecule has 0 unspecified atom stereocenters. The molecule has 0 bridgehead atoms. The molecule has 0 saturated carbocycles. The number of hydrogen-bond acceptors (Lipinski definition) is 3. The Bertz CT molecular complexity index is 374. The van der Waals surface area contributed by atoms with Crippen molar-refractivity contribution in [3.63, 3.8) is 0 Å². The van der Waals surface area contributed by atoms with Gasteiger partial charge in [-0.25, -0.2) is 4.98 Å². The molecule has 1 N–H and O–H groups in total. The summed E-state index contributed by atoms with van der Waals surface area (Å²) in [7, 11) is 2.16. The van der Waals surface area contributed by atoms with E-state index < -0.39 is 0 Å². The van der Waals surface area contributed by atoms with Gasteiger partial charge in [0.1, 0.15) is 5.82 Å². The molecule has 0 fully saturated rings. The van der Waals surface area contributed by atoms with Crippen LogP contribution in [0.4, 0.5) is 5.82 Å². The number of nitrogens with zero attached hydrogens (tertiary/aromatic N) is 2. The quantitative estimate of drug-likeness (QED) is 0.846. The molecule has 0 spiro atoms. The zero-order chi connectivity index (χ0) is 12.3. The summed E-state index contributed by atoms with van der Waals surface area (Å²) in [5.41, 5.74) is 2.74. The minimum atomic E-state index is 0.602. The van der Waals surface area contributed by atoms with E-state index in [1.165, 1.54) is 24.1 Å². The van der Waals surface area contributed by atoms with Gasteiger partial charge in [-0.1, -0.05) is 6.07 Å². The summed E-state index contributed by atoms with van der Waals surface area (Å²) in [6.07, 6.45) is 3.62. The summed E-state index contributed by atoms with van der Waals surface area (Å²) < 4.78 is 0. The maximum atomic E-state index is 4.67. The normalized spacial score (nSPS) is 14.4. The fourth-order valence-electron chi connectivity index (χ4n) is 2.14. The average Bonchev–Trinajstić information content (AvgIpc) is 2.75. The Morgan fingerprint density at radius 3 is 2.94 bits per heavy atom. The molecule has 1 aliphatic carbocycles. The molecule has 1 aliphatic rings. The molecule has 0 amide bonds. The van der Waals surface area contributed by atoms with Crippen LogP contribution in [0.2, 0.25) is 0 Å². The lowest BCUT2D eigenvalue weighted by atomic mass is 10.2. The molecule has 0 saturated heterocycles. The molecule has 3 heteroatoms. The van der Waals surface area contributed by atoms with Crippen molar-refractivity contribution in [1.29, 1.82) is 0 Å². The molecule has 0 radical (unpaired) electrons. The number of hydrogen-bond donors (Lipinski definition) is 1. The molecule has 0 atom stereocenters. The first-order chi connectivity index (χ1) is 8.16. The lowest BCUT2D eigenvalue weighted by Gasteiger charge is -2.21. The van der Waals surface area contributed by atoms with Crippen molar-refractivity contribution in [2.45, 2.75) is 39.2 Å². The third-order valence-corrected chi connectivity index (χ3v) is 3.58. The highest BCUT2D eigenvalue weighted by atomic mass is 15.1. The summed E-state index contributed by atoms with van der Waals surface area (Å²) in [6.45, 7) is 6.44. The third-order valence-electron chi connectivity index (χ3n) is 3.58. The number of likely N-dealkylation sites (N-methyl/N-ethyl adjacent to an activating group) is 1. The van der Waals surface area contributed by atoms with Crippen LogP contribution in [0.15, 0.2) is 12.1 Å². The van der Waals surface area contributed by atoms with Crippen LogP contribution in [-0.2, 0) is 12.8 Å². The van der Waals surface area contributed by atoms with Gasteiger partial charge in [-0.05, 0) is 51.8 Å². The van der Waals surface area contributed by atoms with Crippen molar-refractivity contribution in [1.82, 2.24) is 9.88 Å². The summed E-state index contributed by atoms with van der Waals surface area (Å²) in [6, 6.07) is 4.94. The van der Waals surface area contributed by atoms with E-state index in [1.807, 2.05) is 0 Å². The molecule has 0 aliphatic heterocycles. The third kappa shape index (κ3) is 3.19. The van der Waals surface area contributed by atoms with Crippen LogP contribution < -0.4 is 5.32 Å². The Kier molecular flexibility index (Phi) is 4.00. The van der Waals surface area contributed by atoms with Crippen molar-refractivity contribution >= 4 is 5.82 Å². The lowest BCUT2D eigenvalue weighted by Crippen LogP contribution is -2.31. The monoisotopic (exact) mass is 233 g/mol. The molecule has 1 aromatic rings. The van der Waals surface area contributed by atoms with E-state index in [0.717, 1.165) is 25.3 Å². The number of fused-ring (bicyclic) bond motifs is 1. The molecule has 3 nitrogen and oxygen atoms in total. The minimum Gasteiger partial charge on any atom is -0.369 e. The van der Waals surface area contributed by atoms with Gasteiger partial charge in [0.2, 0.25) is 0 Å². The van der Waals surface area contributed by atoms with Gasteiger partial charge in [-0.15, -0.1) is 0 Å². The highest BCUT2D eigenvalue weighted by Gasteiger charge is 2.12. The Morgan fingerprint density at radius 2 is 2.18 bits per heavy atom. The zero-order valence-electron chi connectivity index (χ0n) is 11.2. The molecular weight excluding hydrogens is 210 g/mol. The molecular formula is C14H23N3. The summed E-state index contributed by atoms with van der Waals surface area (Å²) in [5.74, 6) is 1.03. The van der Waals surface area contributed by atoms with Crippen LogP contribution in [0.1, 0.15) is 31.5 Å². The molecule has 2 rings (SSSR count). The topological polar surface area (TPSA) is 28.2 Å². The van der Waals surface area contributed by atoms with Crippen LogP contribution in [0, 0.1) is 0 Å². The van der Waals surface area contributed by atoms with Gasteiger partial charge in [-0.2, -0.15) is 0 Å². The number of nitrogens with one attached hydrogen (secondary N) is 1. The second-order valence-corrected chi connectivity index (χ2v) is 5.16. The smallest absolute Gasteiger partial charge is 0.126 e. The van der Waals surface area contributed by atoms with Crippen LogP contribution >= 0.6 is 0 Å². The second-order valence-electron chi connectivity index (χ2n) is 5.16. The van der Waals surface area contributed by atoms with Crippen LogP contribution in [0.25, 0.3) is 0 Å². The van der Waals surface area contributed by atoms with Crippen molar-refractivity contribution < 1.29 is 0 Å². The average molecular weight is 233 g/mol. The highest BCUT2D eigenvalue weighted by molar-refractivity contribution is 5.40.